The number of nitrogens with one attached hydrogen (secondary N) is 1. The average molecular weight is 232 g/mol. The van der Waals surface area contributed by atoms with E-state index in [0.717, 1.165) is 11.3 Å². The van der Waals surface area contributed by atoms with E-state index in [9.17, 15) is 0 Å². The summed E-state index contributed by atoms with van der Waals surface area (Å²) in [6, 6.07) is 7.79. The van der Waals surface area contributed by atoms with Crippen LogP contribution in [-0.4, -0.2) is 17.3 Å². The van der Waals surface area contributed by atoms with Gasteiger partial charge in [-0.3, -0.25) is 5.43 Å². The number of methoxy groups -OCH3 is 1. The zero-order valence-corrected chi connectivity index (χ0v) is 9.25. The second-order valence-electron chi connectivity index (χ2n) is 3.20. The van der Waals surface area contributed by atoms with Gasteiger partial charge in [0.05, 0.1) is 7.11 Å². The lowest BCUT2D eigenvalue weighted by molar-refractivity contribution is 0.414. The Morgan fingerprint density at radius 2 is 2.24 bits per heavy atom. The van der Waals surface area contributed by atoms with Crippen LogP contribution in [0.25, 0.3) is 12.2 Å². The van der Waals surface area contributed by atoms with Crippen molar-refractivity contribution in [2.24, 2.45) is 5.84 Å². The molecule has 0 radical (unpaired) electrons. The molecule has 0 unspecified atom stereocenters. The monoisotopic (exact) mass is 232 g/mol. The fourth-order valence-electron chi connectivity index (χ4n) is 1.27. The number of nitrogen functional groups attached to an aromatic ring is 1. The first-order chi connectivity index (χ1) is 8.31. The number of nitrogens with zero attached hydrogens (tertiary/aromatic N) is 2. The van der Waals surface area contributed by atoms with Gasteiger partial charge in [0.25, 0.3) is 0 Å². The van der Waals surface area contributed by atoms with E-state index in [1.165, 1.54) is 0 Å². The minimum atomic E-state index is 0.176. The lowest BCUT2D eigenvalue weighted by atomic mass is 10.2. The Labute approximate surface area is 98.1 Å². The lowest BCUT2D eigenvalue weighted by Gasteiger charge is -1.99. The van der Waals surface area contributed by atoms with Crippen molar-refractivity contribution in [2.45, 2.75) is 0 Å². The van der Waals surface area contributed by atoms with Crippen LogP contribution in [0.3, 0.4) is 0 Å². The van der Waals surface area contributed by atoms with E-state index < -0.39 is 0 Å². The van der Waals surface area contributed by atoms with Gasteiger partial charge >= 0.3 is 6.01 Å². The van der Waals surface area contributed by atoms with E-state index in [2.05, 4.69) is 15.6 Å². The number of rotatable bonds is 4. The van der Waals surface area contributed by atoms with Gasteiger partial charge in [0.1, 0.15) is 5.75 Å². The number of hydrazine groups is 1. The van der Waals surface area contributed by atoms with Crippen LogP contribution in [0.2, 0.25) is 0 Å². The fraction of sp³-hybridized carbons (Fsp3) is 0.0909. The number of anilines is 1. The van der Waals surface area contributed by atoms with Gasteiger partial charge in [0.2, 0.25) is 5.89 Å². The summed E-state index contributed by atoms with van der Waals surface area (Å²) in [5.41, 5.74) is 3.25. The second-order valence-corrected chi connectivity index (χ2v) is 3.20. The molecule has 2 aromatic rings. The van der Waals surface area contributed by atoms with Crippen molar-refractivity contribution in [3.63, 3.8) is 0 Å². The molecule has 0 atom stereocenters. The fourth-order valence-corrected chi connectivity index (χ4v) is 1.27. The van der Waals surface area contributed by atoms with Crippen molar-refractivity contribution in [1.29, 1.82) is 0 Å². The Morgan fingerprint density at radius 1 is 1.35 bits per heavy atom. The van der Waals surface area contributed by atoms with Gasteiger partial charge in [-0.2, -0.15) is 0 Å². The molecule has 88 valence electrons. The van der Waals surface area contributed by atoms with Crippen molar-refractivity contribution in [3.05, 3.63) is 35.7 Å². The van der Waals surface area contributed by atoms with Crippen molar-refractivity contribution in [1.82, 2.24) is 10.2 Å². The molecule has 6 heteroatoms. The molecule has 0 bridgehead atoms. The number of hydrogen-bond donors (Lipinski definition) is 2. The zero-order valence-electron chi connectivity index (χ0n) is 9.25. The highest BCUT2D eigenvalue weighted by Gasteiger charge is 1.99. The van der Waals surface area contributed by atoms with Crippen LogP contribution >= 0.6 is 0 Å². The molecule has 3 N–H and O–H groups in total. The summed E-state index contributed by atoms with van der Waals surface area (Å²) in [5.74, 6) is 6.29. The quantitative estimate of drug-likeness (QED) is 0.614. The highest BCUT2D eigenvalue weighted by atomic mass is 16.5. The molecule has 1 heterocycles. The molecule has 0 aliphatic carbocycles. The molecule has 2 rings (SSSR count). The van der Waals surface area contributed by atoms with Crippen molar-refractivity contribution in [2.75, 3.05) is 12.5 Å². The van der Waals surface area contributed by atoms with E-state index >= 15 is 0 Å². The molecule has 17 heavy (non-hydrogen) atoms. The predicted octanol–water partition coefficient (Wildman–Crippen LogP) is 1.53. The molecule has 0 saturated carbocycles. The Morgan fingerprint density at radius 3 is 2.94 bits per heavy atom. The van der Waals surface area contributed by atoms with Crippen LogP contribution < -0.4 is 16.0 Å². The van der Waals surface area contributed by atoms with Crippen LogP contribution in [0.1, 0.15) is 11.5 Å². The molecule has 0 aliphatic rings. The topological polar surface area (TPSA) is 86.2 Å². The summed E-state index contributed by atoms with van der Waals surface area (Å²) >= 11 is 0. The zero-order chi connectivity index (χ0) is 12.1. The minimum Gasteiger partial charge on any atom is -0.497 e. The molecule has 6 nitrogen and oxygen atoms in total. The molecule has 0 aliphatic heterocycles. The van der Waals surface area contributed by atoms with Gasteiger partial charge in [-0.1, -0.05) is 17.2 Å². The van der Waals surface area contributed by atoms with E-state index in [1.807, 2.05) is 30.3 Å². The third-order valence-electron chi connectivity index (χ3n) is 2.08. The van der Waals surface area contributed by atoms with Gasteiger partial charge < -0.3 is 9.15 Å². The van der Waals surface area contributed by atoms with Gasteiger partial charge in [-0.15, -0.1) is 5.10 Å². The summed E-state index contributed by atoms with van der Waals surface area (Å²) in [6.07, 6.45) is 3.54. The van der Waals surface area contributed by atoms with Crippen LogP contribution in [0.15, 0.2) is 28.7 Å². The van der Waals surface area contributed by atoms with Gasteiger partial charge in [0.15, 0.2) is 0 Å². The molecular formula is C11H12N4O2. The summed E-state index contributed by atoms with van der Waals surface area (Å²) in [4.78, 5) is 0. The Balaban J connectivity index is 2.13. The summed E-state index contributed by atoms with van der Waals surface area (Å²) < 4.78 is 10.3. The SMILES string of the molecule is COc1cccc(/C=C/c2nnc(NN)o2)c1. The highest BCUT2D eigenvalue weighted by Crippen LogP contribution is 2.15. The molecule has 0 amide bonds. The number of benzene rings is 1. The maximum atomic E-state index is 5.13. The number of nitrogens with two attached hydrogens (primary N) is 1. The first kappa shape index (κ1) is 11.2. The third-order valence-corrected chi connectivity index (χ3v) is 2.08. The Kier molecular flexibility index (Phi) is 3.37. The van der Waals surface area contributed by atoms with Gasteiger partial charge in [0, 0.05) is 6.08 Å². The Hall–Kier alpha value is -2.34. The van der Waals surface area contributed by atoms with E-state index in [0.29, 0.717) is 5.89 Å². The molecule has 0 fully saturated rings. The maximum Gasteiger partial charge on any atom is 0.330 e. The molecule has 1 aromatic heterocycles. The molecular weight excluding hydrogens is 220 g/mol. The smallest absolute Gasteiger partial charge is 0.330 e. The van der Waals surface area contributed by atoms with Crippen LogP contribution in [0.4, 0.5) is 6.01 Å². The van der Waals surface area contributed by atoms with Crippen molar-refractivity contribution < 1.29 is 9.15 Å². The van der Waals surface area contributed by atoms with Gasteiger partial charge in [-0.25, -0.2) is 5.84 Å². The van der Waals surface area contributed by atoms with Crippen LogP contribution in [0.5, 0.6) is 5.75 Å². The Bertz CT molecular complexity index is 522. The highest BCUT2D eigenvalue weighted by molar-refractivity contribution is 5.66. The normalized spacial score (nSPS) is 10.7. The van der Waals surface area contributed by atoms with Crippen molar-refractivity contribution in [3.8, 4) is 5.75 Å². The standard InChI is InChI=1S/C11H12N4O2/c1-16-9-4-2-3-8(7-9)5-6-10-14-15-11(13-12)17-10/h2-7H,12H2,1H3,(H,13,15)/b6-5+. The summed E-state index contributed by atoms with van der Waals surface area (Å²) in [6.45, 7) is 0. The first-order valence-electron chi connectivity index (χ1n) is 4.94. The van der Waals surface area contributed by atoms with E-state index in [-0.39, 0.29) is 6.01 Å². The third kappa shape index (κ3) is 2.82. The van der Waals surface area contributed by atoms with Crippen LogP contribution in [-0.2, 0) is 0 Å². The first-order valence-corrected chi connectivity index (χ1v) is 4.94. The number of aromatic nitrogens is 2. The molecule has 0 saturated heterocycles. The summed E-state index contributed by atoms with van der Waals surface area (Å²) in [5, 5.41) is 7.42. The second kappa shape index (κ2) is 5.13. The molecule has 0 spiro atoms. The molecule has 1 aromatic carbocycles. The largest absolute Gasteiger partial charge is 0.497 e. The van der Waals surface area contributed by atoms with E-state index in [4.69, 9.17) is 15.0 Å². The number of hydrogen-bond acceptors (Lipinski definition) is 6. The van der Waals surface area contributed by atoms with E-state index in [1.54, 1.807) is 13.2 Å². The van der Waals surface area contributed by atoms with Crippen LogP contribution in [0, 0.1) is 0 Å². The maximum absolute atomic E-state index is 5.13. The summed E-state index contributed by atoms with van der Waals surface area (Å²) in [7, 11) is 1.63. The number of ether oxygens (including phenoxy) is 1. The lowest BCUT2D eigenvalue weighted by Crippen LogP contribution is -2.06. The minimum absolute atomic E-state index is 0.176. The van der Waals surface area contributed by atoms with Crippen molar-refractivity contribution >= 4 is 18.2 Å². The predicted molar refractivity (Wildman–Crippen MR) is 64.0 cm³/mol. The van der Waals surface area contributed by atoms with Gasteiger partial charge in [-0.05, 0) is 23.8 Å². The average Bonchev–Trinajstić information content (AvgIpc) is 2.84.